The number of rotatable bonds is 2. The number of piperazine rings is 1. The van der Waals surface area contributed by atoms with E-state index in [0.717, 1.165) is 26.2 Å². The normalized spacial score (nSPS) is 15.1. The van der Waals surface area contributed by atoms with Gasteiger partial charge in [-0.1, -0.05) is 32.0 Å². The third-order valence-corrected chi connectivity index (χ3v) is 4.82. The van der Waals surface area contributed by atoms with Crippen molar-refractivity contribution in [2.45, 2.75) is 20.8 Å². The maximum absolute atomic E-state index is 3.38. The standard InChI is InChI=1S/C20H23N3.C2H6.H2/c1-15-13-18-14-17(5-8-20(18)21-15)16-3-6-19(7-4-16)23-11-9-22(2)10-12-23;1-2;/h3-8,13-14,21H,9-12H2,1-2H3;1-2H3;1H. The molecule has 1 N–H and O–H groups in total. The van der Waals surface area contributed by atoms with E-state index in [9.17, 15) is 0 Å². The SMILES string of the molecule is CC.Cc1cc2cc(-c3ccc(N4CCN(C)CC4)cc3)ccc2[nH]1.[HH]. The van der Waals surface area contributed by atoms with Crippen molar-refractivity contribution in [3.63, 3.8) is 0 Å². The first-order valence-corrected chi connectivity index (χ1v) is 9.32. The molecule has 1 aliphatic rings. The summed E-state index contributed by atoms with van der Waals surface area (Å²) in [5.41, 5.74) is 6.31. The summed E-state index contributed by atoms with van der Waals surface area (Å²) in [4.78, 5) is 8.24. The van der Waals surface area contributed by atoms with E-state index < -0.39 is 0 Å². The van der Waals surface area contributed by atoms with Crippen LogP contribution in [0.4, 0.5) is 5.69 Å². The Labute approximate surface area is 152 Å². The number of nitrogens with one attached hydrogen (secondary N) is 1. The van der Waals surface area contributed by atoms with E-state index in [-0.39, 0.29) is 1.43 Å². The van der Waals surface area contributed by atoms with Gasteiger partial charge in [0.05, 0.1) is 0 Å². The Morgan fingerprint density at radius 3 is 2.16 bits per heavy atom. The van der Waals surface area contributed by atoms with Crippen molar-refractivity contribution in [2.75, 3.05) is 38.1 Å². The molecule has 1 aliphatic heterocycles. The second-order valence-corrected chi connectivity index (χ2v) is 6.59. The van der Waals surface area contributed by atoms with E-state index >= 15 is 0 Å². The first-order valence-electron chi connectivity index (χ1n) is 9.32. The average molecular weight is 338 g/mol. The van der Waals surface area contributed by atoms with Gasteiger partial charge in [-0.05, 0) is 55.4 Å². The van der Waals surface area contributed by atoms with Crippen LogP contribution in [-0.2, 0) is 0 Å². The van der Waals surface area contributed by atoms with Gasteiger partial charge in [-0.15, -0.1) is 0 Å². The Balaban J connectivity index is 0.000000784. The van der Waals surface area contributed by atoms with Gasteiger partial charge in [0.25, 0.3) is 0 Å². The van der Waals surface area contributed by atoms with Gasteiger partial charge >= 0.3 is 0 Å². The summed E-state index contributed by atoms with van der Waals surface area (Å²) in [6, 6.07) is 17.8. The Bertz CT molecular complexity index is 815. The monoisotopic (exact) mass is 337 g/mol. The van der Waals surface area contributed by atoms with Crippen molar-refractivity contribution >= 4 is 16.6 Å². The highest BCUT2D eigenvalue weighted by Gasteiger charge is 2.14. The van der Waals surface area contributed by atoms with Crippen LogP contribution < -0.4 is 4.90 Å². The molecule has 0 bridgehead atoms. The predicted molar refractivity (Wildman–Crippen MR) is 112 cm³/mol. The number of fused-ring (bicyclic) bond motifs is 1. The molecule has 2 heterocycles. The highest BCUT2D eigenvalue weighted by atomic mass is 15.2. The number of benzene rings is 2. The summed E-state index contributed by atoms with van der Waals surface area (Å²) >= 11 is 0. The van der Waals surface area contributed by atoms with Gasteiger partial charge in [0.2, 0.25) is 0 Å². The van der Waals surface area contributed by atoms with E-state index in [4.69, 9.17) is 0 Å². The molecule has 1 saturated heterocycles. The summed E-state index contributed by atoms with van der Waals surface area (Å²) in [7, 11) is 2.19. The number of hydrogen-bond donors (Lipinski definition) is 1. The summed E-state index contributed by atoms with van der Waals surface area (Å²) in [6.45, 7) is 10.6. The number of aromatic amines is 1. The van der Waals surface area contributed by atoms with E-state index in [0.29, 0.717) is 0 Å². The third-order valence-electron chi connectivity index (χ3n) is 4.82. The fourth-order valence-electron chi connectivity index (χ4n) is 3.39. The lowest BCUT2D eigenvalue weighted by Gasteiger charge is -2.34. The van der Waals surface area contributed by atoms with Gasteiger partial charge in [-0.3, -0.25) is 0 Å². The number of aryl methyl sites for hydroxylation is 1. The second kappa shape index (κ2) is 7.75. The van der Waals surface area contributed by atoms with Crippen LogP contribution >= 0.6 is 0 Å². The van der Waals surface area contributed by atoms with Gasteiger partial charge in [-0.25, -0.2) is 0 Å². The molecule has 0 atom stereocenters. The summed E-state index contributed by atoms with van der Waals surface area (Å²) in [5.74, 6) is 0. The Morgan fingerprint density at radius 2 is 1.48 bits per heavy atom. The molecule has 0 saturated carbocycles. The molecule has 2 aromatic carbocycles. The molecule has 0 amide bonds. The fourth-order valence-corrected chi connectivity index (χ4v) is 3.39. The summed E-state index contributed by atoms with van der Waals surface area (Å²) in [5, 5.41) is 1.28. The fraction of sp³-hybridized carbons (Fsp3) is 0.364. The molecule has 0 unspecified atom stereocenters. The predicted octanol–water partition coefficient (Wildman–Crippen LogP) is 5.17. The molecule has 0 aliphatic carbocycles. The van der Waals surface area contributed by atoms with Crippen LogP contribution in [-0.4, -0.2) is 43.1 Å². The number of hydrogen-bond acceptors (Lipinski definition) is 2. The van der Waals surface area contributed by atoms with Crippen molar-refractivity contribution in [1.29, 1.82) is 0 Å². The van der Waals surface area contributed by atoms with Crippen molar-refractivity contribution in [1.82, 2.24) is 9.88 Å². The summed E-state index contributed by atoms with van der Waals surface area (Å²) < 4.78 is 0. The van der Waals surface area contributed by atoms with Crippen molar-refractivity contribution in [2.24, 2.45) is 0 Å². The molecule has 134 valence electrons. The molecule has 0 radical (unpaired) electrons. The van der Waals surface area contributed by atoms with Gasteiger partial charge in [0.1, 0.15) is 0 Å². The van der Waals surface area contributed by atoms with E-state index in [1.54, 1.807) is 0 Å². The van der Waals surface area contributed by atoms with Crippen LogP contribution in [0.1, 0.15) is 21.0 Å². The average Bonchev–Trinajstić information content (AvgIpc) is 3.03. The van der Waals surface area contributed by atoms with Gasteiger partial charge in [-0.2, -0.15) is 0 Å². The number of aromatic nitrogens is 1. The second-order valence-electron chi connectivity index (χ2n) is 6.59. The Hall–Kier alpha value is -2.26. The van der Waals surface area contributed by atoms with Crippen LogP contribution in [0.5, 0.6) is 0 Å². The largest absolute Gasteiger partial charge is 0.369 e. The molecule has 1 fully saturated rings. The van der Waals surface area contributed by atoms with Gasteiger partial charge < -0.3 is 14.8 Å². The minimum atomic E-state index is 0. The number of H-pyrrole nitrogens is 1. The van der Waals surface area contributed by atoms with Gasteiger partial charge in [0, 0.05) is 49.9 Å². The Morgan fingerprint density at radius 1 is 0.840 bits per heavy atom. The lowest BCUT2D eigenvalue weighted by atomic mass is 10.0. The maximum Gasteiger partial charge on any atom is 0.0456 e. The molecule has 1 aromatic heterocycles. The number of likely N-dealkylation sites (N-methyl/N-ethyl adjacent to an activating group) is 1. The van der Waals surface area contributed by atoms with Crippen LogP contribution in [0.2, 0.25) is 0 Å². The first kappa shape index (κ1) is 17.6. The minimum absolute atomic E-state index is 0. The molecule has 25 heavy (non-hydrogen) atoms. The molecular formula is C22H31N3. The van der Waals surface area contributed by atoms with Gasteiger partial charge in [0.15, 0.2) is 0 Å². The van der Waals surface area contributed by atoms with Crippen LogP contribution in [0, 0.1) is 6.92 Å². The number of nitrogens with zero attached hydrogens (tertiary/aromatic N) is 2. The zero-order valence-electron chi connectivity index (χ0n) is 15.8. The lowest BCUT2D eigenvalue weighted by Crippen LogP contribution is -2.44. The first-order chi connectivity index (χ1) is 12.2. The molecule has 3 aromatic rings. The summed E-state index contributed by atoms with van der Waals surface area (Å²) in [6.07, 6.45) is 0. The zero-order chi connectivity index (χ0) is 17.8. The maximum atomic E-state index is 3.38. The highest BCUT2D eigenvalue weighted by molar-refractivity contribution is 5.86. The smallest absolute Gasteiger partial charge is 0.0456 e. The van der Waals surface area contributed by atoms with E-state index in [1.165, 1.54) is 33.4 Å². The molecule has 3 nitrogen and oxygen atoms in total. The number of anilines is 1. The van der Waals surface area contributed by atoms with Crippen molar-refractivity contribution in [3.8, 4) is 11.1 Å². The van der Waals surface area contributed by atoms with Crippen LogP contribution in [0.3, 0.4) is 0 Å². The molecule has 0 spiro atoms. The van der Waals surface area contributed by atoms with E-state index in [1.807, 2.05) is 13.8 Å². The van der Waals surface area contributed by atoms with Crippen LogP contribution in [0.15, 0.2) is 48.5 Å². The molecule has 3 heteroatoms. The minimum Gasteiger partial charge on any atom is -0.369 e. The molecular weight excluding hydrogens is 306 g/mol. The van der Waals surface area contributed by atoms with E-state index in [2.05, 4.69) is 77.3 Å². The lowest BCUT2D eigenvalue weighted by molar-refractivity contribution is 0.313. The topological polar surface area (TPSA) is 22.3 Å². The third kappa shape index (κ3) is 3.88. The van der Waals surface area contributed by atoms with Crippen molar-refractivity contribution < 1.29 is 1.43 Å². The highest BCUT2D eigenvalue weighted by Crippen LogP contribution is 2.27. The zero-order valence-corrected chi connectivity index (χ0v) is 15.8. The van der Waals surface area contributed by atoms with Crippen molar-refractivity contribution in [3.05, 3.63) is 54.2 Å². The Kier molecular flexibility index (Phi) is 5.44. The quantitative estimate of drug-likeness (QED) is 0.697. The van der Waals surface area contributed by atoms with Crippen LogP contribution in [0.25, 0.3) is 22.0 Å². The molecule has 4 rings (SSSR count).